The van der Waals surface area contributed by atoms with Gasteiger partial charge in [-0.2, -0.15) is 0 Å². The first kappa shape index (κ1) is 15.6. The number of nitrogens with one attached hydrogen (secondary N) is 1. The van der Waals surface area contributed by atoms with Crippen LogP contribution in [0.1, 0.15) is 15.9 Å². The zero-order chi connectivity index (χ0) is 16.9. The molecule has 6 heteroatoms. The zero-order valence-electron chi connectivity index (χ0n) is 13.0. The second-order valence-corrected chi connectivity index (χ2v) is 5.22. The van der Waals surface area contributed by atoms with Crippen molar-refractivity contribution >= 4 is 28.6 Å². The van der Waals surface area contributed by atoms with Gasteiger partial charge in [0.2, 0.25) is 0 Å². The molecule has 0 aliphatic rings. The van der Waals surface area contributed by atoms with Crippen molar-refractivity contribution in [3.05, 3.63) is 66.0 Å². The number of esters is 1. The summed E-state index contributed by atoms with van der Waals surface area (Å²) < 4.78 is 5.08. The number of hydrogen-bond acceptors (Lipinski definition) is 5. The van der Waals surface area contributed by atoms with Crippen LogP contribution < -0.4 is 5.32 Å². The van der Waals surface area contributed by atoms with E-state index in [4.69, 9.17) is 4.74 Å². The van der Waals surface area contributed by atoms with Crippen LogP contribution in [-0.4, -0.2) is 28.5 Å². The first-order valence-electron chi connectivity index (χ1n) is 7.37. The van der Waals surface area contributed by atoms with Gasteiger partial charge in [0.15, 0.2) is 6.61 Å². The molecule has 0 spiro atoms. The normalized spacial score (nSPS) is 10.4. The Bertz CT molecular complexity index is 886. The summed E-state index contributed by atoms with van der Waals surface area (Å²) in [6, 6.07) is 12.4. The van der Waals surface area contributed by atoms with E-state index in [1.807, 2.05) is 19.1 Å². The molecule has 0 bridgehead atoms. The highest BCUT2D eigenvalue weighted by Gasteiger charge is 2.14. The Morgan fingerprint density at radius 1 is 1.04 bits per heavy atom. The number of hydrogen-bond donors (Lipinski definition) is 1. The van der Waals surface area contributed by atoms with Crippen molar-refractivity contribution in [1.29, 1.82) is 0 Å². The molecule has 1 heterocycles. The molecule has 3 aromatic rings. The number of ether oxygens (including phenoxy) is 1. The first-order chi connectivity index (χ1) is 11.6. The topological polar surface area (TPSA) is 81.2 Å². The maximum Gasteiger partial charge on any atom is 0.340 e. The average Bonchev–Trinajstić information content (AvgIpc) is 2.61. The summed E-state index contributed by atoms with van der Waals surface area (Å²) in [5, 5.41) is 2.67. The molecule has 1 amide bonds. The van der Waals surface area contributed by atoms with E-state index in [0.717, 1.165) is 5.56 Å². The zero-order valence-corrected chi connectivity index (χ0v) is 13.0. The van der Waals surface area contributed by atoms with E-state index >= 15 is 0 Å². The van der Waals surface area contributed by atoms with E-state index in [1.165, 1.54) is 6.20 Å². The Morgan fingerprint density at radius 2 is 1.79 bits per heavy atom. The van der Waals surface area contributed by atoms with Gasteiger partial charge < -0.3 is 10.1 Å². The van der Waals surface area contributed by atoms with Crippen LogP contribution in [0, 0.1) is 6.92 Å². The van der Waals surface area contributed by atoms with Gasteiger partial charge in [-0.1, -0.05) is 23.8 Å². The summed E-state index contributed by atoms with van der Waals surface area (Å²) >= 11 is 0. The van der Waals surface area contributed by atoms with Gasteiger partial charge in [-0.25, -0.2) is 4.79 Å². The third-order valence-corrected chi connectivity index (χ3v) is 3.39. The van der Waals surface area contributed by atoms with E-state index in [9.17, 15) is 9.59 Å². The fourth-order valence-corrected chi connectivity index (χ4v) is 2.20. The van der Waals surface area contributed by atoms with E-state index in [-0.39, 0.29) is 12.2 Å². The Balaban J connectivity index is 1.64. The summed E-state index contributed by atoms with van der Waals surface area (Å²) in [4.78, 5) is 32.3. The summed E-state index contributed by atoms with van der Waals surface area (Å²) in [5.41, 5.74) is 3.07. The lowest BCUT2D eigenvalue weighted by atomic mass is 10.2. The van der Waals surface area contributed by atoms with Crippen molar-refractivity contribution in [2.75, 3.05) is 11.9 Å². The number of rotatable bonds is 4. The van der Waals surface area contributed by atoms with Crippen molar-refractivity contribution in [1.82, 2.24) is 9.97 Å². The monoisotopic (exact) mass is 321 g/mol. The van der Waals surface area contributed by atoms with E-state index < -0.39 is 11.9 Å². The number of benzene rings is 2. The fourth-order valence-electron chi connectivity index (χ4n) is 2.20. The molecule has 0 aliphatic heterocycles. The minimum atomic E-state index is -0.611. The van der Waals surface area contributed by atoms with Crippen LogP contribution in [0.25, 0.3) is 11.0 Å². The summed E-state index contributed by atoms with van der Waals surface area (Å²) in [7, 11) is 0. The summed E-state index contributed by atoms with van der Waals surface area (Å²) in [5.74, 6) is -1.02. The number of anilines is 1. The maximum atomic E-state index is 12.2. The molecule has 3 rings (SSSR count). The second-order valence-electron chi connectivity index (χ2n) is 5.22. The molecule has 0 fully saturated rings. The number of aryl methyl sites for hydroxylation is 1. The van der Waals surface area contributed by atoms with E-state index in [2.05, 4.69) is 15.3 Å². The minimum absolute atomic E-state index is 0.281. The van der Waals surface area contributed by atoms with Gasteiger partial charge in [0, 0.05) is 18.1 Å². The lowest BCUT2D eigenvalue weighted by Crippen LogP contribution is -2.21. The van der Waals surface area contributed by atoms with Crippen molar-refractivity contribution in [2.24, 2.45) is 0 Å². The quantitative estimate of drug-likeness (QED) is 0.747. The molecule has 1 aromatic heterocycles. The number of aromatic nitrogens is 2. The smallest absolute Gasteiger partial charge is 0.340 e. The highest BCUT2D eigenvalue weighted by Crippen LogP contribution is 2.15. The van der Waals surface area contributed by atoms with Gasteiger partial charge >= 0.3 is 5.97 Å². The van der Waals surface area contributed by atoms with Gasteiger partial charge in [0.05, 0.1) is 11.1 Å². The average molecular weight is 321 g/mol. The van der Waals surface area contributed by atoms with Crippen LogP contribution in [0.15, 0.2) is 54.9 Å². The van der Waals surface area contributed by atoms with Crippen molar-refractivity contribution < 1.29 is 14.3 Å². The second kappa shape index (κ2) is 6.87. The Morgan fingerprint density at radius 3 is 2.58 bits per heavy atom. The van der Waals surface area contributed by atoms with E-state index in [0.29, 0.717) is 16.7 Å². The molecule has 0 unspecified atom stereocenters. The number of para-hydroxylation sites is 1. The van der Waals surface area contributed by atoms with Gasteiger partial charge in [0.25, 0.3) is 5.91 Å². The Labute approximate surface area is 138 Å². The Kier molecular flexibility index (Phi) is 4.47. The fraction of sp³-hybridized carbons (Fsp3) is 0.111. The molecule has 1 N–H and O–H groups in total. The summed E-state index contributed by atoms with van der Waals surface area (Å²) in [6.45, 7) is 1.59. The molecule has 2 aromatic carbocycles. The van der Waals surface area contributed by atoms with Crippen LogP contribution in [0.5, 0.6) is 0 Å². The Hall–Kier alpha value is -3.28. The number of carbonyl (C=O) groups excluding carboxylic acids is 2. The number of nitrogens with zero attached hydrogens (tertiary/aromatic N) is 2. The molecule has 24 heavy (non-hydrogen) atoms. The third-order valence-electron chi connectivity index (χ3n) is 3.39. The highest BCUT2D eigenvalue weighted by molar-refractivity contribution is 6.02. The van der Waals surface area contributed by atoms with E-state index in [1.54, 1.807) is 36.5 Å². The molecule has 0 aliphatic carbocycles. The molecule has 0 saturated carbocycles. The molecule has 0 saturated heterocycles. The molecule has 120 valence electrons. The van der Waals surface area contributed by atoms with Gasteiger partial charge in [0.1, 0.15) is 5.52 Å². The standard InChI is InChI=1S/C18H15N3O3/c1-12-5-7-13(8-6-12)21-16(22)11-24-18(23)14-3-2-4-15-17(14)20-10-9-19-15/h2-10H,11H2,1H3,(H,21,22). The first-order valence-corrected chi connectivity index (χ1v) is 7.37. The minimum Gasteiger partial charge on any atom is -0.452 e. The van der Waals surface area contributed by atoms with Crippen molar-refractivity contribution in [2.45, 2.75) is 6.92 Å². The SMILES string of the molecule is Cc1ccc(NC(=O)COC(=O)c2cccc3nccnc23)cc1. The number of fused-ring (bicyclic) bond motifs is 1. The van der Waals surface area contributed by atoms with Crippen molar-refractivity contribution in [3.63, 3.8) is 0 Å². The van der Waals surface area contributed by atoms with Crippen LogP contribution in [0.2, 0.25) is 0 Å². The molecule has 6 nitrogen and oxygen atoms in total. The lowest BCUT2D eigenvalue weighted by Gasteiger charge is -2.08. The van der Waals surface area contributed by atoms with Crippen LogP contribution in [-0.2, 0) is 9.53 Å². The van der Waals surface area contributed by atoms with Gasteiger partial charge in [-0.3, -0.25) is 14.8 Å². The molecule has 0 atom stereocenters. The molecular weight excluding hydrogens is 306 g/mol. The maximum absolute atomic E-state index is 12.2. The predicted molar refractivity (Wildman–Crippen MR) is 89.6 cm³/mol. The van der Waals surface area contributed by atoms with Crippen LogP contribution >= 0.6 is 0 Å². The number of amides is 1. The summed E-state index contributed by atoms with van der Waals surface area (Å²) in [6.07, 6.45) is 3.05. The van der Waals surface area contributed by atoms with Crippen LogP contribution in [0.4, 0.5) is 5.69 Å². The van der Waals surface area contributed by atoms with Crippen molar-refractivity contribution in [3.8, 4) is 0 Å². The van der Waals surface area contributed by atoms with Crippen LogP contribution in [0.3, 0.4) is 0 Å². The molecule has 0 radical (unpaired) electrons. The third kappa shape index (κ3) is 3.55. The van der Waals surface area contributed by atoms with Gasteiger partial charge in [-0.05, 0) is 31.2 Å². The lowest BCUT2D eigenvalue weighted by molar-refractivity contribution is -0.119. The van der Waals surface area contributed by atoms with Gasteiger partial charge in [-0.15, -0.1) is 0 Å². The highest BCUT2D eigenvalue weighted by atomic mass is 16.5. The number of carbonyl (C=O) groups is 2. The largest absolute Gasteiger partial charge is 0.452 e. The molecular formula is C18H15N3O3. The predicted octanol–water partition coefficient (Wildman–Crippen LogP) is 2.73.